The van der Waals surface area contributed by atoms with Crippen molar-refractivity contribution >= 4 is 70.9 Å². The smallest absolute Gasteiger partial charge is 0.306 e. The summed E-state index contributed by atoms with van der Waals surface area (Å²) in [6, 6.07) is 0. The molecule has 0 fully saturated rings. The minimum Gasteiger partial charge on any atom is -0.462 e. The SMILES string of the molecule is C#CCCCC(=O)NCCN(CCSCCC(=O)NCCOCC(COC(=O)CCCCCCCCCCCCC)OC(=O)CCCCCCCCCCCCC)C(=O)CC.C#CCCCC(=O)NCCN(CCSCCC(=O)NCCOCC(O)CO)C(=O)CC. The van der Waals surface area contributed by atoms with Gasteiger partial charge in [-0.15, -0.1) is 24.7 Å². The van der Waals surface area contributed by atoms with Crippen molar-refractivity contribution in [2.75, 3.05) is 115 Å². The van der Waals surface area contributed by atoms with Crippen molar-refractivity contribution in [2.45, 2.75) is 258 Å². The lowest BCUT2D eigenvalue weighted by molar-refractivity contribution is -0.162. The van der Waals surface area contributed by atoms with Crippen LogP contribution >= 0.6 is 23.5 Å². The molecule has 2 unspecified atom stereocenters. The van der Waals surface area contributed by atoms with Crippen LogP contribution in [0.1, 0.15) is 246 Å². The molecule has 0 aromatic carbocycles. The van der Waals surface area contributed by atoms with Crippen LogP contribution < -0.4 is 21.3 Å². The van der Waals surface area contributed by atoms with Crippen LogP contribution in [0.5, 0.6) is 0 Å². The Hall–Kier alpha value is -4.58. The fourth-order valence-corrected chi connectivity index (χ4v) is 11.0. The van der Waals surface area contributed by atoms with Crippen molar-refractivity contribution < 1.29 is 67.5 Å². The molecule has 0 aromatic rings. The van der Waals surface area contributed by atoms with E-state index >= 15 is 0 Å². The first-order valence-corrected chi connectivity index (χ1v) is 37.5. The number of carbonyl (C=O) groups excluding carboxylic acids is 8. The Morgan fingerprint density at radius 2 is 0.804 bits per heavy atom. The second-order valence-electron chi connectivity index (χ2n) is 23.1. The highest BCUT2D eigenvalue weighted by Crippen LogP contribution is 2.15. The largest absolute Gasteiger partial charge is 0.462 e. The molecule has 0 aliphatic rings. The summed E-state index contributed by atoms with van der Waals surface area (Å²) >= 11 is 3.19. The van der Waals surface area contributed by atoms with Crippen molar-refractivity contribution in [1.82, 2.24) is 31.1 Å². The third-order valence-corrected chi connectivity index (χ3v) is 16.7. The quantitative estimate of drug-likeness (QED) is 0.0188. The zero-order valence-corrected chi connectivity index (χ0v) is 59.2. The van der Waals surface area contributed by atoms with Gasteiger partial charge in [0.15, 0.2) is 6.10 Å². The van der Waals surface area contributed by atoms with Crippen LogP contribution in [0.3, 0.4) is 0 Å². The summed E-state index contributed by atoms with van der Waals surface area (Å²) in [7, 11) is 0. The lowest BCUT2D eigenvalue weighted by Crippen LogP contribution is -2.39. The van der Waals surface area contributed by atoms with Gasteiger partial charge in [0, 0.05) is 140 Å². The third kappa shape index (κ3) is 62.8. The van der Waals surface area contributed by atoms with E-state index in [0.717, 1.165) is 38.5 Å². The standard InChI is InChI=1S/C49H89N3O8S.C21H37N3O6S/c1-5-9-12-14-16-18-20-22-24-26-29-32-48(56)59-43-44(60-49(57)33-30-27-25-23-21-19-17-15-13-10-6-2)42-58-39-36-51-46(54)34-40-61-41-38-52(47(55)8-4)37-35-50-45(53)31-28-11-7-3;1-3-5-6-7-19(27)22-9-11-24(21(29)4-2)12-15-31-14-8-20(28)23-10-13-30-17-18(26)16-25/h3,44H,5-6,8-43H2,1-2,4H3,(H,50,53)(H,51,54);1,18,25-26H,4-17H2,2H3,(H,22,27)(H,23,28). The zero-order chi connectivity index (χ0) is 68.2. The summed E-state index contributed by atoms with van der Waals surface area (Å²) < 4.78 is 22.1. The lowest BCUT2D eigenvalue weighted by Gasteiger charge is -2.22. The van der Waals surface area contributed by atoms with Gasteiger partial charge < -0.3 is 60.2 Å². The van der Waals surface area contributed by atoms with Gasteiger partial charge in [-0.3, -0.25) is 38.4 Å². The molecule has 0 heterocycles. The van der Waals surface area contributed by atoms with Gasteiger partial charge in [0.25, 0.3) is 0 Å². The minimum atomic E-state index is -0.901. The molecule has 22 heteroatoms. The van der Waals surface area contributed by atoms with Gasteiger partial charge in [0.2, 0.25) is 35.4 Å². The van der Waals surface area contributed by atoms with Crippen molar-refractivity contribution in [3.63, 3.8) is 0 Å². The minimum absolute atomic E-state index is 0.0269. The predicted molar refractivity (Wildman–Crippen MR) is 373 cm³/mol. The Kier molecular flexibility index (Phi) is 67.4. The number of hydrogen-bond acceptors (Lipinski definition) is 16. The molecule has 532 valence electrons. The topological polar surface area (TPSA) is 269 Å². The zero-order valence-electron chi connectivity index (χ0n) is 57.6. The Morgan fingerprint density at radius 3 is 1.20 bits per heavy atom. The van der Waals surface area contributed by atoms with Gasteiger partial charge in [-0.25, -0.2) is 0 Å². The van der Waals surface area contributed by atoms with Crippen molar-refractivity contribution in [2.24, 2.45) is 0 Å². The number of ether oxygens (including phenoxy) is 4. The average molecular weight is 1340 g/mol. The highest BCUT2D eigenvalue weighted by Gasteiger charge is 2.19. The first kappa shape index (κ1) is 89.5. The predicted octanol–water partition coefficient (Wildman–Crippen LogP) is 10.0. The summed E-state index contributed by atoms with van der Waals surface area (Å²) in [6.07, 6.45) is 40.7. The molecule has 0 aliphatic carbocycles. The lowest BCUT2D eigenvalue weighted by atomic mass is 10.1. The van der Waals surface area contributed by atoms with Crippen LogP contribution in [0.25, 0.3) is 0 Å². The molecule has 0 spiro atoms. The third-order valence-electron chi connectivity index (χ3n) is 14.8. The summed E-state index contributed by atoms with van der Waals surface area (Å²) in [5.41, 5.74) is 0. The van der Waals surface area contributed by atoms with E-state index in [-0.39, 0.29) is 87.0 Å². The molecule has 92 heavy (non-hydrogen) atoms. The van der Waals surface area contributed by atoms with Gasteiger partial charge in [-0.05, 0) is 25.7 Å². The van der Waals surface area contributed by atoms with E-state index < -0.39 is 12.2 Å². The molecule has 0 saturated carbocycles. The molecule has 20 nitrogen and oxygen atoms in total. The normalized spacial score (nSPS) is 11.4. The number of hydrogen-bond donors (Lipinski definition) is 6. The molecule has 0 bridgehead atoms. The van der Waals surface area contributed by atoms with E-state index in [9.17, 15) is 38.4 Å². The number of terminal acetylenes is 2. The number of amides is 6. The highest BCUT2D eigenvalue weighted by molar-refractivity contribution is 7.99. The van der Waals surface area contributed by atoms with Gasteiger partial charge in [0.1, 0.15) is 12.7 Å². The first-order chi connectivity index (χ1) is 44.7. The maximum absolute atomic E-state index is 12.7. The van der Waals surface area contributed by atoms with Crippen LogP contribution in [-0.2, 0) is 57.3 Å². The molecule has 0 radical (unpaired) electrons. The van der Waals surface area contributed by atoms with Crippen LogP contribution in [0.4, 0.5) is 0 Å². The molecule has 0 rings (SSSR count). The maximum Gasteiger partial charge on any atom is 0.306 e. The molecular weight excluding hydrogens is 1210 g/mol. The summed E-state index contributed by atoms with van der Waals surface area (Å²) in [6.45, 7) is 11.7. The summed E-state index contributed by atoms with van der Waals surface area (Å²) in [4.78, 5) is 101. The van der Waals surface area contributed by atoms with Crippen LogP contribution in [-0.4, -0.2) is 195 Å². The maximum atomic E-state index is 12.7. The fraction of sp³-hybridized carbons (Fsp3) is 0.829. The van der Waals surface area contributed by atoms with E-state index in [0.29, 0.717) is 152 Å². The fourth-order valence-electron chi connectivity index (χ4n) is 9.27. The second-order valence-corrected chi connectivity index (χ2v) is 25.5. The Labute approximate surface area is 564 Å². The summed E-state index contributed by atoms with van der Waals surface area (Å²) in [5, 5.41) is 29.0. The number of rotatable bonds is 64. The molecule has 6 amide bonds. The molecule has 0 saturated heterocycles. The van der Waals surface area contributed by atoms with Crippen molar-refractivity contribution in [3.05, 3.63) is 0 Å². The first-order valence-electron chi connectivity index (χ1n) is 35.2. The van der Waals surface area contributed by atoms with Gasteiger partial charge in [0.05, 0.1) is 33.0 Å². The number of thioether (sulfide) groups is 2. The highest BCUT2D eigenvalue weighted by atomic mass is 32.2. The molecule has 6 N–H and O–H groups in total. The van der Waals surface area contributed by atoms with E-state index in [1.807, 2.05) is 6.92 Å². The molecular formula is C70H126N6O14S2. The van der Waals surface area contributed by atoms with E-state index in [1.54, 1.807) is 40.2 Å². The van der Waals surface area contributed by atoms with Crippen LogP contribution in [0, 0.1) is 24.7 Å². The summed E-state index contributed by atoms with van der Waals surface area (Å²) in [5.74, 6) is 6.81. The van der Waals surface area contributed by atoms with E-state index in [2.05, 4.69) is 47.0 Å². The van der Waals surface area contributed by atoms with Crippen LogP contribution in [0.15, 0.2) is 0 Å². The Morgan fingerprint density at radius 1 is 0.435 bits per heavy atom. The average Bonchev–Trinajstić information content (AvgIpc) is 3.73. The van der Waals surface area contributed by atoms with Crippen molar-refractivity contribution in [3.8, 4) is 24.7 Å². The van der Waals surface area contributed by atoms with Crippen molar-refractivity contribution in [1.29, 1.82) is 0 Å². The Balaban J connectivity index is 0. The number of carbonyl (C=O) groups is 8. The number of nitrogens with one attached hydrogen (secondary N) is 4. The van der Waals surface area contributed by atoms with Crippen LogP contribution in [0.2, 0.25) is 0 Å². The number of aliphatic hydroxyl groups excluding tert-OH is 2. The number of aliphatic hydroxyl groups is 2. The molecule has 0 aromatic heterocycles. The number of unbranched alkanes of at least 4 members (excludes halogenated alkanes) is 22. The monoisotopic (exact) mass is 1340 g/mol. The molecule has 0 aliphatic heterocycles. The second kappa shape index (κ2) is 69.3. The van der Waals surface area contributed by atoms with Gasteiger partial charge in [-0.1, -0.05) is 156 Å². The molecule has 2 atom stereocenters. The van der Waals surface area contributed by atoms with E-state index in [1.165, 1.54) is 103 Å². The van der Waals surface area contributed by atoms with E-state index in [4.69, 9.17) is 42.0 Å². The number of nitrogens with zero attached hydrogens (tertiary/aromatic N) is 2. The van der Waals surface area contributed by atoms with Gasteiger partial charge in [-0.2, -0.15) is 23.5 Å². The Bertz CT molecular complexity index is 1940. The van der Waals surface area contributed by atoms with Gasteiger partial charge >= 0.3 is 11.9 Å². The number of esters is 2.